The van der Waals surface area contributed by atoms with Crippen LogP contribution in [0.15, 0.2) is 67.0 Å². The van der Waals surface area contributed by atoms with Crippen LogP contribution in [-0.4, -0.2) is 58.7 Å². The van der Waals surface area contributed by atoms with Crippen molar-refractivity contribution in [2.75, 3.05) is 33.2 Å². The highest BCUT2D eigenvalue weighted by Gasteiger charge is 2.14. The van der Waals surface area contributed by atoms with Gasteiger partial charge in [0.25, 0.3) is 0 Å². The van der Waals surface area contributed by atoms with Crippen molar-refractivity contribution in [2.24, 2.45) is 0 Å². The number of para-hydroxylation sites is 1. The van der Waals surface area contributed by atoms with Crippen molar-refractivity contribution in [3.8, 4) is 5.69 Å². The van der Waals surface area contributed by atoms with Crippen molar-refractivity contribution >= 4 is 5.91 Å². The Morgan fingerprint density at radius 1 is 0.967 bits per heavy atom. The van der Waals surface area contributed by atoms with Crippen molar-refractivity contribution in [3.63, 3.8) is 0 Å². The molecule has 0 unspecified atom stereocenters. The largest absolute Gasteiger partial charge is 0.352 e. The zero-order chi connectivity index (χ0) is 20.8. The minimum Gasteiger partial charge on any atom is -0.352 e. The van der Waals surface area contributed by atoms with Crippen molar-refractivity contribution < 1.29 is 4.79 Å². The lowest BCUT2D eigenvalue weighted by molar-refractivity contribution is -0.120. The van der Waals surface area contributed by atoms with Crippen molar-refractivity contribution in [3.05, 3.63) is 83.7 Å². The van der Waals surface area contributed by atoms with Gasteiger partial charge in [-0.3, -0.25) is 9.69 Å². The van der Waals surface area contributed by atoms with Gasteiger partial charge in [-0.25, -0.2) is 4.68 Å². The smallest absolute Gasteiger partial charge is 0.224 e. The van der Waals surface area contributed by atoms with Crippen LogP contribution in [0, 0.1) is 0 Å². The van der Waals surface area contributed by atoms with Crippen molar-refractivity contribution in [1.82, 2.24) is 24.9 Å². The van der Waals surface area contributed by atoms with Crippen LogP contribution in [-0.2, 0) is 24.3 Å². The maximum absolute atomic E-state index is 12.4. The summed E-state index contributed by atoms with van der Waals surface area (Å²) in [5, 5.41) is 7.40. The standard InChI is InChI=1S/C24H29N5O/c1-27-10-12-28(13-11-27)18-21-7-5-6-20(14-21)16-25-24(30)15-22-17-26-29(19-22)23-8-3-2-4-9-23/h2-9,14,17,19H,10-13,15-16,18H2,1H3,(H,25,30). The third-order valence-corrected chi connectivity index (χ3v) is 5.50. The van der Waals surface area contributed by atoms with Gasteiger partial charge in [0.15, 0.2) is 0 Å². The molecule has 2 heterocycles. The van der Waals surface area contributed by atoms with Gasteiger partial charge in [-0.15, -0.1) is 0 Å². The number of aromatic nitrogens is 2. The molecule has 6 nitrogen and oxygen atoms in total. The van der Waals surface area contributed by atoms with Gasteiger partial charge in [-0.05, 0) is 35.9 Å². The zero-order valence-electron chi connectivity index (χ0n) is 17.5. The average Bonchev–Trinajstić information content (AvgIpc) is 3.23. The van der Waals surface area contributed by atoms with Crippen LogP contribution >= 0.6 is 0 Å². The van der Waals surface area contributed by atoms with Gasteiger partial charge in [0.1, 0.15) is 0 Å². The first-order valence-electron chi connectivity index (χ1n) is 10.5. The summed E-state index contributed by atoms with van der Waals surface area (Å²) in [4.78, 5) is 17.3. The molecular formula is C24H29N5O. The first-order chi connectivity index (χ1) is 14.7. The molecule has 2 aromatic carbocycles. The molecule has 1 amide bonds. The molecule has 0 atom stereocenters. The maximum atomic E-state index is 12.4. The number of piperazine rings is 1. The van der Waals surface area contributed by atoms with E-state index < -0.39 is 0 Å². The van der Waals surface area contributed by atoms with Crippen LogP contribution < -0.4 is 5.32 Å². The van der Waals surface area contributed by atoms with E-state index in [4.69, 9.17) is 0 Å². The number of nitrogens with one attached hydrogen (secondary N) is 1. The zero-order valence-corrected chi connectivity index (χ0v) is 17.5. The fourth-order valence-electron chi connectivity index (χ4n) is 3.72. The lowest BCUT2D eigenvalue weighted by Gasteiger charge is -2.32. The van der Waals surface area contributed by atoms with E-state index in [2.05, 4.69) is 51.5 Å². The Morgan fingerprint density at radius 2 is 1.73 bits per heavy atom. The summed E-state index contributed by atoms with van der Waals surface area (Å²) in [6.07, 6.45) is 3.99. The Hall–Kier alpha value is -2.96. The molecular weight excluding hydrogens is 374 g/mol. The quantitative estimate of drug-likeness (QED) is 0.659. The highest BCUT2D eigenvalue weighted by Crippen LogP contribution is 2.11. The molecule has 3 aromatic rings. The minimum atomic E-state index is 0.00656. The molecule has 156 valence electrons. The number of amides is 1. The molecule has 1 fully saturated rings. The summed E-state index contributed by atoms with van der Waals surface area (Å²) in [6, 6.07) is 18.4. The van der Waals surface area contributed by atoms with E-state index in [-0.39, 0.29) is 5.91 Å². The molecule has 1 aromatic heterocycles. The number of nitrogens with zero attached hydrogens (tertiary/aromatic N) is 4. The van der Waals surface area contributed by atoms with Crippen molar-refractivity contribution in [2.45, 2.75) is 19.5 Å². The summed E-state index contributed by atoms with van der Waals surface area (Å²) < 4.78 is 1.80. The third kappa shape index (κ3) is 5.55. The number of hydrogen-bond donors (Lipinski definition) is 1. The summed E-state index contributed by atoms with van der Waals surface area (Å²) in [6.45, 7) is 5.96. The van der Waals surface area contributed by atoms with Crippen LogP contribution in [0.4, 0.5) is 0 Å². The summed E-state index contributed by atoms with van der Waals surface area (Å²) >= 11 is 0. The van der Waals surface area contributed by atoms with E-state index in [1.54, 1.807) is 10.9 Å². The van der Waals surface area contributed by atoms with Gasteiger partial charge in [-0.2, -0.15) is 5.10 Å². The second-order valence-corrected chi connectivity index (χ2v) is 7.98. The van der Waals surface area contributed by atoms with Crippen LogP contribution in [0.3, 0.4) is 0 Å². The van der Waals surface area contributed by atoms with Gasteiger partial charge in [0.2, 0.25) is 5.91 Å². The molecule has 1 aliphatic rings. The number of benzene rings is 2. The van der Waals surface area contributed by atoms with Crippen LogP contribution in [0.2, 0.25) is 0 Å². The van der Waals surface area contributed by atoms with E-state index in [1.807, 2.05) is 36.5 Å². The molecule has 30 heavy (non-hydrogen) atoms. The van der Waals surface area contributed by atoms with Gasteiger partial charge in [-0.1, -0.05) is 42.5 Å². The first-order valence-corrected chi connectivity index (χ1v) is 10.5. The van der Waals surface area contributed by atoms with E-state index in [1.165, 1.54) is 5.56 Å². The average molecular weight is 404 g/mol. The third-order valence-electron chi connectivity index (χ3n) is 5.50. The Morgan fingerprint density at radius 3 is 2.53 bits per heavy atom. The lowest BCUT2D eigenvalue weighted by atomic mass is 10.1. The molecule has 4 rings (SSSR count). The van der Waals surface area contributed by atoms with Crippen LogP contribution in [0.5, 0.6) is 0 Å². The Kier molecular flexibility index (Phi) is 6.57. The fourth-order valence-corrected chi connectivity index (χ4v) is 3.72. The SMILES string of the molecule is CN1CCN(Cc2cccc(CNC(=O)Cc3cnn(-c4ccccc4)c3)c2)CC1. The topological polar surface area (TPSA) is 53.4 Å². The summed E-state index contributed by atoms with van der Waals surface area (Å²) in [7, 11) is 2.17. The Bertz CT molecular complexity index is 960. The van der Waals surface area contributed by atoms with Crippen LogP contribution in [0.1, 0.15) is 16.7 Å². The summed E-state index contributed by atoms with van der Waals surface area (Å²) in [5.41, 5.74) is 4.33. The van der Waals surface area contributed by atoms with Crippen molar-refractivity contribution in [1.29, 1.82) is 0 Å². The van der Waals surface area contributed by atoms with Gasteiger partial charge >= 0.3 is 0 Å². The fraction of sp³-hybridized carbons (Fsp3) is 0.333. The normalized spacial score (nSPS) is 15.2. The molecule has 0 spiro atoms. The Balaban J connectivity index is 1.27. The highest BCUT2D eigenvalue weighted by molar-refractivity contribution is 5.78. The number of likely N-dealkylation sites (N-methyl/N-ethyl adjacent to an activating group) is 1. The predicted octanol–water partition coefficient (Wildman–Crippen LogP) is 2.48. The number of rotatable bonds is 7. The van der Waals surface area contributed by atoms with E-state index in [0.717, 1.165) is 49.5 Å². The highest BCUT2D eigenvalue weighted by atomic mass is 16.1. The van der Waals surface area contributed by atoms with Gasteiger partial charge < -0.3 is 10.2 Å². The molecule has 0 saturated carbocycles. The number of carbonyl (C=O) groups excluding carboxylic acids is 1. The predicted molar refractivity (Wildman–Crippen MR) is 118 cm³/mol. The maximum Gasteiger partial charge on any atom is 0.224 e. The first kappa shape index (κ1) is 20.3. The second kappa shape index (κ2) is 9.69. The second-order valence-electron chi connectivity index (χ2n) is 7.98. The summed E-state index contributed by atoms with van der Waals surface area (Å²) in [5.74, 6) is 0.00656. The van der Waals surface area contributed by atoms with E-state index in [9.17, 15) is 4.79 Å². The van der Waals surface area contributed by atoms with Gasteiger partial charge in [0, 0.05) is 45.5 Å². The molecule has 1 saturated heterocycles. The molecule has 0 radical (unpaired) electrons. The van der Waals surface area contributed by atoms with Crippen LogP contribution in [0.25, 0.3) is 5.69 Å². The minimum absolute atomic E-state index is 0.00656. The van der Waals surface area contributed by atoms with Gasteiger partial charge in [0.05, 0.1) is 18.3 Å². The molecule has 6 heteroatoms. The monoisotopic (exact) mass is 403 g/mol. The van der Waals surface area contributed by atoms with E-state index in [0.29, 0.717) is 13.0 Å². The Labute approximate surface area is 178 Å². The number of carbonyl (C=O) groups is 1. The molecule has 1 aliphatic heterocycles. The molecule has 1 N–H and O–H groups in total. The molecule has 0 bridgehead atoms. The van der Waals surface area contributed by atoms with E-state index >= 15 is 0 Å². The lowest BCUT2D eigenvalue weighted by Crippen LogP contribution is -2.43. The number of hydrogen-bond acceptors (Lipinski definition) is 4. The molecule has 0 aliphatic carbocycles.